The van der Waals surface area contributed by atoms with Crippen molar-refractivity contribution in [1.29, 1.82) is 0 Å². The Morgan fingerprint density at radius 1 is 1.14 bits per heavy atom. The fourth-order valence-corrected chi connectivity index (χ4v) is 3.21. The van der Waals surface area contributed by atoms with Crippen LogP contribution in [0.25, 0.3) is 0 Å². The average Bonchev–Trinajstić information content (AvgIpc) is 2.46. The summed E-state index contributed by atoms with van der Waals surface area (Å²) < 4.78 is 14.3. The van der Waals surface area contributed by atoms with Crippen LogP contribution in [-0.2, 0) is 6.42 Å². The van der Waals surface area contributed by atoms with Crippen molar-refractivity contribution in [3.8, 4) is 0 Å². The van der Waals surface area contributed by atoms with E-state index in [1.165, 1.54) is 16.7 Å². The number of benzene rings is 2. The standard InChI is InChI=1S/C18H21FIN/c1-3-10-21-18(11-14-6-4-13(2)5-7-14)16-9-8-15(19)12-17(16)20/h4-9,12,18,21H,3,10-11H2,1-2H3. The highest BCUT2D eigenvalue weighted by atomic mass is 127. The van der Waals surface area contributed by atoms with Crippen LogP contribution < -0.4 is 5.32 Å². The minimum atomic E-state index is -0.173. The van der Waals surface area contributed by atoms with Crippen molar-refractivity contribution in [3.05, 3.63) is 68.5 Å². The van der Waals surface area contributed by atoms with Gasteiger partial charge >= 0.3 is 0 Å². The predicted molar refractivity (Wildman–Crippen MR) is 95.0 cm³/mol. The van der Waals surface area contributed by atoms with Crippen LogP contribution in [-0.4, -0.2) is 6.54 Å². The number of rotatable bonds is 6. The summed E-state index contributed by atoms with van der Waals surface area (Å²) in [5.41, 5.74) is 3.74. The van der Waals surface area contributed by atoms with Gasteiger partial charge in [0.2, 0.25) is 0 Å². The van der Waals surface area contributed by atoms with Crippen LogP contribution >= 0.6 is 22.6 Å². The lowest BCUT2D eigenvalue weighted by molar-refractivity contribution is 0.525. The molecule has 2 aromatic rings. The SMILES string of the molecule is CCCNC(Cc1ccc(C)cc1)c1ccc(F)cc1I. The van der Waals surface area contributed by atoms with Gasteiger partial charge in [-0.1, -0.05) is 42.8 Å². The summed E-state index contributed by atoms with van der Waals surface area (Å²) in [5.74, 6) is -0.173. The van der Waals surface area contributed by atoms with Gasteiger partial charge in [-0.25, -0.2) is 4.39 Å². The van der Waals surface area contributed by atoms with E-state index in [4.69, 9.17) is 0 Å². The lowest BCUT2D eigenvalue weighted by Crippen LogP contribution is -2.25. The molecule has 0 saturated heterocycles. The highest BCUT2D eigenvalue weighted by Gasteiger charge is 2.15. The van der Waals surface area contributed by atoms with Gasteiger partial charge in [0.25, 0.3) is 0 Å². The molecule has 0 radical (unpaired) electrons. The highest BCUT2D eigenvalue weighted by Crippen LogP contribution is 2.24. The summed E-state index contributed by atoms with van der Waals surface area (Å²) in [5, 5.41) is 3.58. The Morgan fingerprint density at radius 3 is 2.48 bits per heavy atom. The maximum absolute atomic E-state index is 13.3. The smallest absolute Gasteiger partial charge is 0.124 e. The topological polar surface area (TPSA) is 12.0 Å². The van der Waals surface area contributed by atoms with Gasteiger partial charge in [-0.2, -0.15) is 0 Å². The Balaban J connectivity index is 2.22. The molecule has 0 saturated carbocycles. The van der Waals surface area contributed by atoms with E-state index in [0.29, 0.717) is 0 Å². The Labute approximate surface area is 140 Å². The zero-order chi connectivity index (χ0) is 15.2. The van der Waals surface area contributed by atoms with Crippen LogP contribution in [0.2, 0.25) is 0 Å². The molecule has 0 aromatic heterocycles. The molecule has 1 unspecified atom stereocenters. The molecule has 0 bridgehead atoms. The summed E-state index contributed by atoms with van der Waals surface area (Å²) in [4.78, 5) is 0. The van der Waals surface area contributed by atoms with Crippen molar-refractivity contribution in [2.75, 3.05) is 6.54 Å². The molecular formula is C18H21FIN. The quantitative estimate of drug-likeness (QED) is 0.675. The van der Waals surface area contributed by atoms with Crippen LogP contribution in [0.3, 0.4) is 0 Å². The summed E-state index contributed by atoms with van der Waals surface area (Å²) in [6, 6.07) is 13.9. The third-order valence-electron chi connectivity index (χ3n) is 3.54. The molecular weight excluding hydrogens is 376 g/mol. The van der Waals surface area contributed by atoms with Crippen molar-refractivity contribution < 1.29 is 4.39 Å². The Hall–Kier alpha value is -0.940. The van der Waals surface area contributed by atoms with Gasteiger partial charge < -0.3 is 5.32 Å². The third kappa shape index (κ3) is 4.78. The second-order valence-electron chi connectivity index (χ2n) is 5.36. The molecule has 0 spiro atoms. The van der Waals surface area contributed by atoms with E-state index in [2.05, 4.69) is 66.0 Å². The van der Waals surface area contributed by atoms with E-state index in [-0.39, 0.29) is 11.9 Å². The van der Waals surface area contributed by atoms with E-state index in [1.54, 1.807) is 12.1 Å². The minimum absolute atomic E-state index is 0.173. The van der Waals surface area contributed by atoms with E-state index in [1.807, 2.05) is 6.07 Å². The molecule has 112 valence electrons. The van der Waals surface area contributed by atoms with E-state index in [9.17, 15) is 4.39 Å². The largest absolute Gasteiger partial charge is 0.310 e. The van der Waals surface area contributed by atoms with Crippen molar-refractivity contribution >= 4 is 22.6 Å². The van der Waals surface area contributed by atoms with E-state index >= 15 is 0 Å². The molecule has 0 heterocycles. The number of hydrogen-bond donors (Lipinski definition) is 1. The molecule has 1 atom stereocenters. The molecule has 1 nitrogen and oxygen atoms in total. The lowest BCUT2D eigenvalue weighted by Gasteiger charge is -2.21. The number of nitrogens with one attached hydrogen (secondary N) is 1. The van der Waals surface area contributed by atoms with Crippen LogP contribution in [0.5, 0.6) is 0 Å². The fourth-order valence-electron chi connectivity index (χ4n) is 2.35. The second kappa shape index (κ2) is 7.90. The Bertz CT molecular complexity index is 580. The summed E-state index contributed by atoms with van der Waals surface area (Å²) >= 11 is 2.22. The minimum Gasteiger partial charge on any atom is -0.310 e. The van der Waals surface area contributed by atoms with Crippen LogP contribution in [0.4, 0.5) is 4.39 Å². The summed E-state index contributed by atoms with van der Waals surface area (Å²) in [6.45, 7) is 5.22. The van der Waals surface area contributed by atoms with Crippen LogP contribution in [0.1, 0.15) is 36.1 Å². The first-order valence-corrected chi connectivity index (χ1v) is 8.42. The van der Waals surface area contributed by atoms with Gasteiger partial charge in [0.1, 0.15) is 5.82 Å². The van der Waals surface area contributed by atoms with Gasteiger partial charge in [0, 0.05) is 9.61 Å². The van der Waals surface area contributed by atoms with Gasteiger partial charge in [-0.3, -0.25) is 0 Å². The molecule has 3 heteroatoms. The highest BCUT2D eigenvalue weighted by molar-refractivity contribution is 14.1. The first-order chi connectivity index (χ1) is 10.1. The fraction of sp³-hybridized carbons (Fsp3) is 0.333. The number of hydrogen-bond acceptors (Lipinski definition) is 1. The summed E-state index contributed by atoms with van der Waals surface area (Å²) in [7, 11) is 0. The van der Waals surface area contributed by atoms with Gasteiger partial charge in [0.15, 0.2) is 0 Å². The number of halogens is 2. The first-order valence-electron chi connectivity index (χ1n) is 7.34. The van der Waals surface area contributed by atoms with Crippen molar-refractivity contribution in [2.45, 2.75) is 32.7 Å². The molecule has 0 fully saturated rings. The number of aryl methyl sites for hydroxylation is 1. The van der Waals surface area contributed by atoms with Crippen molar-refractivity contribution in [1.82, 2.24) is 5.32 Å². The summed E-state index contributed by atoms with van der Waals surface area (Å²) in [6.07, 6.45) is 2.00. The molecule has 2 aromatic carbocycles. The van der Waals surface area contributed by atoms with Crippen LogP contribution in [0, 0.1) is 16.3 Å². The molecule has 0 aliphatic heterocycles. The average molecular weight is 397 g/mol. The predicted octanol–water partition coefficient (Wildman–Crippen LogP) is 5.02. The van der Waals surface area contributed by atoms with Crippen molar-refractivity contribution in [2.24, 2.45) is 0 Å². The molecule has 21 heavy (non-hydrogen) atoms. The molecule has 0 aliphatic carbocycles. The molecule has 0 aliphatic rings. The third-order valence-corrected chi connectivity index (χ3v) is 4.47. The van der Waals surface area contributed by atoms with Gasteiger partial charge in [-0.05, 0) is 72.2 Å². The Kier molecular flexibility index (Phi) is 6.18. The normalized spacial score (nSPS) is 12.4. The molecule has 2 rings (SSSR count). The maximum Gasteiger partial charge on any atom is 0.124 e. The van der Waals surface area contributed by atoms with Gasteiger partial charge in [0.05, 0.1) is 0 Å². The zero-order valence-corrected chi connectivity index (χ0v) is 14.7. The van der Waals surface area contributed by atoms with E-state index in [0.717, 1.165) is 23.0 Å². The monoisotopic (exact) mass is 397 g/mol. The maximum atomic E-state index is 13.3. The Morgan fingerprint density at radius 2 is 1.86 bits per heavy atom. The van der Waals surface area contributed by atoms with E-state index < -0.39 is 0 Å². The lowest BCUT2D eigenvalue weighted by atomic mass is 9.98. The second-order valence-corrected chi connectivity index (χ2v) is 6.52. The zero-order valence-electron chi connectivity index (χ0n) is 12.5. The molecule has 1 N–H and O–H groups in total. The van der Waals surface area contributed by atoms with Crippen LogP contribution in [0.15, 0.2) is 42.5 Å². The first kappa shape index (κ1) is 16.4. The van der Waals surface area contributed by atoms with Crippen molar-refractivity contribution in [3.63, 3.8) is 0 Å². The molecule has 0 amide bonds. The van der Waals surface area contributed by atoms with Gasteiger partial charge in [-0.15, -0.1) is 0 Å².